The van der Waals surface area contributed by atoms with Crippen molar-refractivity contribution in [3.8, 4) is 0 Å². The van der Waals surface area contributed by atoms with E-state index in [4.69, 9.17) is 4.42 Å². The largest absolute Gasteiger partial charge is 0.464 e. The second-order valence-electron chi connectivity index (χ2n) is 6.66. The van der Waals surface area contributed by atoms with Gasteiger partial charge in [0.25, 0.3) is 0 Å². The minimum atomic E-state index is -3.43. The predicted molar refractivity (Wildman–Crippen MR) is 106 cm³/mol. The maximum absolute atomic E-state index is 12.9. The third kappa shape index (κ3) is 6.84. The Morgan fingerprint density at radius 3 is 2.33 bits per heavy atom. The Labute approximate surface area is 161 Å². The lowest BCUT2D eigenvalue weighted by Gasteiger charge is -2.26. The number of furan rings is 1. The molecule has 0 atom stereocenters. The molecular formula is C20H28N2O4S. The molecule has 0 spiro atoms. The number of aryl methyl sites for hydroxylation is 1. The molecule has 148 valence electrons. The highest BCUT2D eigenvalue weighted by Gasteiger charge is 2.23. The number of nitrogens with zero attached hydrogens (tertiary/aromatic N) is 2. The smallest absolute Gasteiger partial charge is 0.238 e. The van der Waals surface area contributed by atoms with Gasteiger partial charge in [0.15, 0.2) is 0 Å². The van der Waals surface area contributed by atoms with Crippen LogP contribution in [0.25, 0.3) is 0 Å². The fourth-order valence-electron chi connectivity index (χ4n) is 2.82. The van der Waals surface area contributed by atoms with Gasteiger partial charge in [0.1, 0.15) is 11.5 Å². The summed E-state index contributed by atoms with van der Waals surface area (Å²) in [5, 5.41) is 0. The van der Waals surface area contributed by atoms with Crippen LogP contribution >= 0.6 is 0 Å². The highest BCUT2D eigenvalue weighted by Crippen LogP contribution is 2.12. The summed E-state index contributed by atoms with van der Waals surface area (Å²) in [6, 6.07) is 13.6. The summed E-state index contributed by atoms with van der Waals surface area (Å²) in [6.07, 6.45) is 2.49. The fourth-order valence-corrected chi connectivity index (χ4v) is 3.68. The lowest BCUT2D eigenvalue weighted by Crippen LogP contribution is -2.43. The molecule has 0 saturated carbocycles. The molecule has 0 fully saturated rings. The topological polar surface area (TPSA) is 70.8 Å². The summed E-state index contributed by atoms with van der Waals surface area (Å²) in [7, 11) is -3.43. The molecule has 0 aliphatic carbocycles. The van der Waals surface area contributed by atoms with Crippen molar-refractivity contribution in [1.29, 1.82) is 0 Å². The Kier molecular flexibility index (Phi) is 7.62. The molecule has 0 N–H and O–H groups in total. The summed E-state index contributed by atoms with van der Waals surface area (Å²) in [5.41, 5.74) is 1.12. The van der Waals surface area contributed by atoms with Gasteiger partial charge in [0.05, 0.1) is 19.3 Å². The summed E-state index contributed by atoms with van der Waals surface area (Å²) in [4.78, 5) is 14.6. The van der Waals surface area contributed by atoms with Crippen molar-refractivity contribution in [2.24, 2.45) is 0 Å². The first kappa shape index (κ1) is 21.2. The van der Waals surface area contributed by atoms with Gasteiger partial charge in [-0.25, -0.2) is 8.42 Å². The molecule has 1 aromatic carbocycles. The van der Waals surface area contributed by atoms with Gasteiger partial charge >= 0.3 is 0 Å². The number of carbonyl (C=O) groups excluding carboxylic acids is 1. The van der Waals surface area contributed by atoms with Crippen molar-refractivity contribution in [1.82, 2.24) is 9.21 Å². The van der Waals surface area contributed by atoms with E-state index in [0.717, 1.165) is 17.6 Å². The first-order valence-corrected chi connectivity index (χ1v) is 11.0. The predicted octanol–water partition coefficient (Wildman–Crippen LogP) is 2.83. The van der Waals surface area contributed by atoms with Crippen LogP contribution in [0.3, 0.4) is 0 Å². The first-order valence-electron chi connectivity index (χ1n) is 9.11. The van der Waals surface area contributed by atoms with Gasteiger partial charge in [-0.05, 0) is 37.5 Å². The second kappa shape index (κ2) is 9.71. The van der Waals surface area contributed by atoms with E-state index in [9.17, 15) is 13.2 Å². The normalized spacial score (nSPS) is 11.7. The molecule has 2 aromatic rings. The van der Waals surface area contributed by atoms with Crippen molar-refractivity contribution < 1.29 is 17.6 Å². The van der Waals surface area contributed by atoms with Crippen LogP contribution in [0.4, 0.5) is 0 Å². The molecule has 0 unspecified atom stereocenters. The summed E-state index contributed by atoms with van der Waals surface area (Å²) in [6.45, 7) is 4.74. The number of hydrogen-bond donors (Lipinski definition) is 0. The van der Waals surface area contributed by atoms with Gasteiger partial charge < -0.3 is 9.32 Å². The number of benzene rings is 1. The van der Waals surface area contributed by atoms with E-state index >= 15 is 0 Å². The number of carbonyl (C=O) groups is 1. The van der Waals surface area contributed by atoms with E-state index in [1.165, 1.54) is 4.31 Å². The molecule has 0 bridgehead atoms. The zero-order valence-electron chi connectivity index (χ0n) is 16.2. The zero-order chi connectivity index (χ0) is 19.9. The van der Waals surface area contributed by atoms with Crippen molar-refractivity contribution in [3.63, 3.8) is 0 Å². The van der Waals surface area contributed by atoms with E-state index in [0.29, 0.717) is 38.2 Å². The van der Waals surface area contributed by atoms with Gasteiger partial charge in [-0.15, -0.1) is 0 Å². The van der Waals surface area contributed by atoms with E-state index in [1.807, 2.05) is 56.3 Å². The summed E-state index contributed by atoms with van der Waals surface area (Å²) < 4.78 is 30.8. The Hall–Kier alpha value is -2.12. The number of sulfonamides is 1. The average molecular weight is 393 g/mol. The third-order valence-corrected chi connectivity index (χ3v) is 5.51. The van der Waals surface area contributed by atoms with Crippen LogP contribution in [0, 0.1) is 6.92 Å². The van der Waals surface area contributed by atoms with Crippen molar-refractivity contribution in [2.75, 3.05) is 25.9 Å². The monoisotopic (exact) mass is 392 g/mol. The quantitative estimate of drug-likeness (QED) is 0.623. The molecule has 0 aliphatic heterocycles. The maximum Gasteiger partial charge on any atom is 0.238 e. The Bertz CT molecular complexity index is 831. The van der Waals surface area contributed by atoms with Gasteiger partial charge in [-0.1, -0.05) is 37.3 Å². The third-order valence-electron chi connectivity index (χ3n) is 4.26. The van der Waals surface area contributed by atoms with Crippen LogP contribution in [0.15, 0.2) is 46.9 Å². The summed E-state index contributed by atoms with van der Waals surface area (Å²) >= 11 is 0. The van der Waals surface area contributed by atoms with Crippen molar-refractivity contribution in [3.05, 3.63) is 59.5 Å². The number of rotatable bonds is 10. The number of amides is 1. The van der Waals surface area contributed by atoms with Gasteiger partial charge in [0.2, 0.25) is 15.9 Å². The molecular weight excluding hydrogens is 364 g/mol. The van der Waals surface area contributed by atoms with Crippen LogP contribution in [0.1, 0.15) is 30.4 Å². The van der Waals surface area contributed by atoms with Crippen LogP contribution in [0.2, 0.25) is 0 Å². The van der Waals surface area contributed by atoms with E-state index < -0.39 is 10.0 Å². The van der Waals surface area contributed by atoms with Crippen molar-refractivity contribution >= 4 is 15.9 Å². The lowest BCUT2D eigenvalue weighted by molar-refractivity contribution is -0.132. The second-order valence-corrected chi connectivity index (χ2v) is 8.64. The Balaban J connectivity index is 2.12. The molecule has 0 saturated heterocycles. The molecule has 27 heavy (non-hydrogen) atoms. The lowest BCUT2D eigenvalue weighted by atomic mass is 10.1. The molecule has 1 amide bonds. The highest BCUT2D eigenvalue weighted by atomic mass is 32.2. The SMILES string of the molecule is CCCN(CC(=O)N(CCc1ccccc1)Cc1ccc(C)o1)S(C)(=O)=O. The van der Waals surface area contributed by atoms with Crippen LogP contribution < -0.4 is 0 Å². The Morgan fingerprint density at radius 1 is 1.07 bits per heavy atom. The van der Waals surface area contributed by atoms with Crippen molar-refractivity contribution in [2.45, 2.75) is 33.2 Å². The molecule has 0 aliphatic rings. The van der Waals surface area contributed by atoms with Crippen LogP contribution in [0.5, 0.6) is 0 Å². The minimum absolute atomic E-state index is 0.152. The molecule has 2 rings (SSSR count). The maximum atomic E-state index is 12.9. The van der Waals surface area contributed by atoms with E-state index in [1.54, 1.807) is 4.90 Å². The van der Waals surface area contributed by atoms with Gasteiger partial charge in [-0.2, -0.15) is 4.31 Å². The van der Waals surface area contributed by atoms with Gasteiger partial charge in [-0.3, -0.25) is 4.79 Å². The average Bonchev–Trinajstić information content (AvgIpc) is 3.03. The number of hydrogen-bond acceptors (Lipinski definition) is 4. The fraction of sp³-hybridized carbons (Fsp3) is 0.450. The Morgan fingerprint density at radius 2 is 1.78 bits per heavy atom. The van der Waals surface area contributed by atoms with E-state index in [-0.39, 0.29) is 12.5 Å². The van der Waals surface area contributed by atoms with Gasteiger partial charge in [0, 0.05) is 13.1 Å². The van der Waals surface area contributed by atoms with Crippen LogP contribution in [-0.4, -0.2) is 49.4 Å². The summed E-state index contributed by atoms with van der Waals surface area (Å²) in [5.74, 6) is 1.25. The minimum Gasteiger partial charge on any atom is -0.464 e. The molecule has 6 nitrogen and oxygen atoms in total. The van der Waals surface area contributed by atoms with Crippen LogP contribution in [-0.2, 0) is 27.8 Å². The van der Waals surface area contributed by atoms with E-state index in [2.05, 4.69) is 0 Å². The molecule has 7 heteroatoms. The highest BCUT2D eigenvalue weighted by molar-refractivity contribution is 7.88. The standard InChI is InChI=1S/C20H28N2O4S/c1-4-13-22(27(3,24)25)16-20(23)21(15-19-11-10-17(2)26-19)14-12-18-8-6-5-7-9-18/h5-11H,4,12-16H2,1-3H3. The zero-order valence-corrected chi connectivity index (χ0v) is 17.0. The molecule has 1 aromatic heterocycles. The first-order chi connectivity index (χ1) is 12.8. The molecule has 0 radical (unpaired) electrons. The molecule has 1 heterocycles.